The van der Waals surface area contributed by atoms with Gasteiger partial charge in [-0.15, -0.1) is 11.3 Å². The monoisotopic (exact) mass is 308 g/mol. The molecule has 0 saturated carbocycles. The van der Waals surface area contributed by atoms with Crippen LogP contribution in [0.2, 0.25) is 0 Å². The van der Waals surface area contributed by atoms with E-state index in [9.17, 15) is 4.39 Å². The van der Waals surface area contributed by atoms with Gasteiger partial charge in [0, 0.05) is 31.2 Å². The van der Waals surface area contributed by atoms with Crippen molar-refractivity contribution >= 4 is 11.3 Å². The predicted molar refractivity (Wildman–Crippen MR) is 84.9 cm³/mol. The number of methoxy groups -OCH3 is 1. The lowest BCUT2D eigenvalue weighted by Crippen LogP contribution is -2.15. The number of unbranched alkanes of at least 4 members (excludes halogenated alkanes) is 2. The first-order valence-corrected chi connectivity index (χ1v) is 8.07. The molecule has 0 saturated heterocycles. The Hall–Kier alpha value is -1.30. The summed E-state index contributed by atoms with van der Waals surface area (Å²) in [4.78, 5) is 4.57. The third-order valence-electron chi connectivity index (χ3n) is 3.15. The van der Waals surface area contributed by atoms with Crippen LogP contribution in [0.1, 0.15) is 25.0 Å². The van der Waals surface area contributed by atoms with Crippen LogP contribution in [0, 0.1) is 5.82 Å². The summed E-state index contributed by atoms with van der Waals surface area (Å²) >= 11 is 1.59. The lowest BCUT2D eigenvalue weighted by atomic mass is 10.2. The molecule has 0 fully saturated rings. The Labute approximate surface area is 129 Å². The fraction of sp³-hybridized carbons (Fsp3) is 0.438. The molecule has 1 aromatic heterocycles. The average Bonchev–Trinajstić information content (AvgIpc) is 2.96. The highest BCUT2D eigenvalue weighted by molar-refractivity contribution is 7.13. The molecule has 0 atom stereocenters. The number of ether oxygens (including phenoxy) is 1. The molecule has 1 aromatic carbocycles. The minimum Gasteiger partial charge on any atom is -0.385 e. The van der Waals surface area contributed by atoms with Gasteiger partial charge in [0.15, 0.2) is 0 Å². The number of hydrogen-bond donors (Lipinski definition) is 1. The maximum Gasteiger partial charge on any atom is 0.123 e. The minimum atomic E-state index is -0.217. The van der Waals surface area contributed by atoms with Gasteiger partial charge in [-0.25, -0.2) is 9.37 Å². The second-order valence-corrected chi connectivity index (χ2v) is 5.74. The van der Waals surface area contributed by atoms with Crippen LogP contribution in [0.3, 0.4) is 0 Å². The normalized spacial score (nSPS) is 11.0. The molecule has 0 aliphatic heterocycles. The van der Waals surface area contributed by atoms with Crippen LogP contribution in [0.25, 0.3) is 10.6 Å². The third kappa shape index (κ3) is 5.53. The van der Waals surface area contributed by atoms with Crippen LogP contribution in [-0.2, 0) is 11.3 Å². The highest BCUT2D eigenvalue weighted by atomic mass is 32.1. The van der Waals surface area contributed by atoms with Crippen molar-refractivity contribution in [1.82, 2.24) is 10.3 Å². The smallest absolute Gasteiger partial charge is 0.123 e. The summed E-state index contributed by atoms with van der Waals surface area (Å²) in [7, 11) is 1.74. The maximum atomic E-state index is 12.9. The predicted octanol–water partition coefficient (Wildman–Crippen LogP) is 3.86. The van der Waals surface area contributed by atoms with Crippen molar-refractivity contribution in [2.75, 3.05) is 20.3 Å². The molecule has 0 spiro atoms. The standard InChI is InChI=1S/C16H21FN2OS/c1-20-10-4-2-3-9-18-11-15-12-21-16(19-15)13-5-7-14(17)8-6-13/h5-8,12,18H,2-4,9-11H2,1H3. The van der Waals surface area contributed by atoms with Gasteiger partial charge in [0.05, 0.1) is 5.69 Å². The second-order valence-electron chi connectivity index (χ2n) is 4.88. The summed E-state index contributed by atoms with van der Waals surface area (Å²) in [5.74, 6) is -0.217. The zero-order valence-corrected chi connectivity index (χ0v) is 13.1. The van der Waals surface area contributed by atoms with Gasteiger partial charge in [-0.1, -0.05) is 0 Å². The van der Waals surface area contributed by atoms with E-state index >= 15 is 0 Å². The topological polar surface area (TPSA) is 34.1 Å². The zero-order chi connectivity index (χ0) is 14.9. The Morgan fingerprint density at radius 2 is 2.00 bits per heavy atom. The van der Waals surface area contributed by atoms with E-state index in [4.69, 9.17) is 4.74 Å². The Morgan fingerprint density at radius 1 is 1.19 bits per heavy atom. The van der Waals surface area contributed by atoms with E-state index in [1.807, 2.05) is 0 Å². The number of hydrogen-bond acceptors (Lipinski definition) is 4. The number of thiazole rings is 1. The summed E-state index contributed by atoms with van der Waals surface area (Å²) in [5, 5.41) is 6.38. The van der Waals surface area contributed by atoms with Gasteiger partial charge < -0.3 is 10.1 Å². The number of nitrogens with one attached hydrogen (secondary N) is 1. The molecule has 0 aliphatic rings. The SMILES string of the molecule is COCCCCCNCc1csc(-c2ccc(F)cc2)n1. The number of halogens is 1. The van der Waals surface area contributed by atoms with Crippen molar-refractivity contribution in [3.05, 3.63) is 41.2 Å². The molecule has 0 aliphatic carbocycles. The Balaban J connectivity index is 1.72. The number of nitrogens with zero attached hydrogens (tertiary/aromatic N) is 1. The highest BCUT2D eigenvalue weighted by Gasteiger charge is 2.04. The van der Waals surface area contributed by atoms with Gasteiger partial charge in [-0.3, -0.25) is 0 Å². The number of aromatic nitrogens is 1. The van der Waals surface area contributed by atoms with Crippen molar-refractivity contribution in [3.63, 3.8) is 0 Å². The summed E-state index contributed by atoms with van der Waals surface area (Å²) in [6, 6.07) is 6.46. The Bertz CT molecular complexity index is 527. The molecule has 21 heavy (non-hydrogen) atoms. The summed E-state index contributed by atoms with van der Waals surface area (Å²) < 4.78 is 17.9. The molecule has 2 rings (SSSR count). The van der Waals surface area contributed by atoms with E-state index in [1.165, 1.54) is 18.6 Å². The highest BCUT2D eigenvalue weighted by Crippen LogP contribution is 2.23. The first kappa shape index (κ1) is 16.1. The average molecular weight is 308 g/mol. The quantitative estimate of drug-likeness (QED) is 0.714. The summed E-state index contributed by atoms with van der Waals surface area (Å²) in [6.07, 6.45) is 3.45. The van der Waals surface area contributed by atoms with Crippen LogP contribution in [0.15, 0.2) is 29.6 Å². The van der Waals surface area contributed by atoms with Crippen molar-refractivity contribution in [1.29, 1.82) is 0 Å². The Kier molecular flexibility index (Phi) is 6.79. The van der Waals surface area contributed by atoms with Crippen molar-refractivity contribution in [2.45, 2.75) is 25.8 Å². The van der Waals surface area contributed by atoms with Gasteiger partial charge in [0.2, 0.25) is 0 Å². The number of benzene rings is 1. The molecular weight excluding hydrogens is 287 g/mol. The first-order chi connectivity index (χ1) is 10.3. The molecule has 0 bridgehead atoms. The first-order valence-electron chi connectivity index (χ1n) is 7.19. The van der Waals surface area contributed by atoms with Gasteiger partial charge in [-0.05, 0) is 50.1 Å². The van der Waals surface area contributed by atoms with Crippen molar-refractivity contribution < 1.29 is 9.13 Å². The number of rotatable bonds is 9. The van der Waals surface area contributed by atoms with Crippen molar-refractivity contribution in [2.24, 2.45) is 0 Å². The van der Waals surface area contributed by atoms with Gasteiger partial charge in [0.25, 0.3) is 0 Å². The van der Waals surface area contributed by atoms with Crippen LogP contribution >= 0.6 is 11.3 Å². The zero-order valence-electron chi connectivity index (χ0n) is 12.3. The van der Waals surface area contributed by atoms with E-state index in [0.29, 0.717) is 0 Å². The fourth-order valence-electron chi connectivity index (χ4n) is 2.00. The molecule has 2 aromatic rings. The molecule has 0 unspecified atom stereocenters. The minimum absolute atomic E-state index is 0.217. The van der Waals surface area contributed by atoms with E-state index < -0.39 is 0 Å². The molecule has 1 heterocycles. The fourth-order valence-corrected chi connectivity index (χ4v) is 2.83. The Morgan fingerprint density at radius 3 is 2.76 bits per heavy atom. The molecule has 0 amide bonds. The molecular formula is C16H21FN2OS. The molecule has 1 N–H and O–H groups in total. The van der Waals surface area contributed by atoms with Gasteiger partial charge in [-0.2, -0.15) is 0 Å². The van der Waals surface area contributed by atoms with Crippen molar-refractivity contribution in [3.8, 4) is 10.6 Å². The largest absolute Gasteiger partial charge is 0.385 e. The molecule has 3 nitrogen and oxygen atoms in total. The molecule has 114 valence electrons. The summed E-state index contributed by atoms with van der Waals surface area (Å²) in [5.41, 5.74) is 2.00. The third-order valence-corrected chi connectivity index (χ3v) is 4.09. The molecule has 5 heteroatoms. The van der Waals surface area contributed by atoms with Crippen LogP contribution < -0.4 is 5.32 Å². The van der Waals surface area contributed by atoms with E-state index in [1.54, 1.807) is 30.6 Å². The maximum absolute atomic E-state index is 12.9. The van der Waals surface area contributed by atoms with E-state index in [2.05, 4.69) is 15.7 Å². The van der Waals surface area contributed by atoms with Crippen LogP contribution in [-0.4, -0.2) is 25.2 Å². The summed E-state index contributed by atoms with van der Waals surface area (Å²) in [6.45, 7) is 2.61. The van der Waals surface area contributed by atoms with Gasteiger partial charge >= 0.3 is 0 Å². The molecule has 0 radical (unpaired) electrons. The van der Waals surface area contributed by atoms with E-state index in [-0.39, 0.29) is 5.82 Å². The van der Waals surface area contributed by atoms with Crippen LogP contribution in [0.4, 0.5) is 4.39 Å². The van der Waals surface area contributed by atoms with Gasteiger partial charge in [0.1, 0.15) is 10.8 Å². The van der Waals surface area contributed by atoms with E-state index in [0.717, 1.165) is 48.8 Å². The lowest BCUT2D eigenvalue weighted by Gasteiger charge is -2.02. The van der Waals surface area contributed by atoms with Crippen LogP contribution in [0.5, 0.6) is 0 Å². The lowest BCUT2D eigenvalue weighted by molar-refractivity contribution is 0.192. The second kappa shape index (κ2) is 8.87.